The first-order valence-corrected chi connectivity index (χ1v) is 10.2. The minimum Gasteiger partial charge on any atom is -0.492 e. The molecule has 4 heterocycles. The van der Waals surface area contributed by atoms with Crippen LogP contribution in [0.3, 0.4) is 0 Å². The van der Waals surface area contributed by atoms with Gasteiger partial charge in [-0.25, -0.2) is 4.98 Å². The van der Waals surface area contributed by atoms with Crippen molar-refractivity contribution < 1.29 is 14.3 Å². The number of aromatic amines is 1. The van der Waals surface area contributed by atoms with Crippen LogP contribution in [0.4, 0.5) is 0 Å². The molecule has 2 aromatic heterocycles. The Labute approximate surface area is 166 Å². The van der Waals surface area contributed by atoms with E-state index in [9.17, 15) is 4.79 Å². The number of H-pyrrole nitrogens is 1. The van der Waals surface area contributed by atoms with Crippen molar-refractivity contribution in [3.63, 3.8) is 0 Å². The standard InChI is InChI=1S/C20H20N4O3S/c1-12-11-26-7-5-24(12)20(25)19-23-18-15-3-2-13(14-9-21-22-10-14)8-16(15)27-6-4-17(18)28-19/h2-3,8-10,12H,4-7,11H2,1H3,(H,21,22)/t12-/m0/s1. The maximum Gasteiger partial charge on any atom is 0.283 e. The fraction of sp³-hybridized carbons (Fsp3) is 0.350. The van der Waals surface area contributed by atoms with Crippen LogP contribution in [0.1, 0.15) is 21.6 Å². The molecule has 1 amide bonds. The first kappa shape index (κ1) is 17.4. The molecule has 0 spiro atoms. The molecule has 0 aliphatic carbocycles. The predicted octanol–water partition coefficient (Wildman–Crippen LogP) is 3.00. The molecular formula is C20H20N4O3S. The summed E-state index contributed by atoms with van der Waals surface area (Å²) in [7, 11) is 0. The van der Waals surface area contributed by atoms with Crippen LogP contribution in [0.2, 0.25) is 0 Å². The average Bonchev–Trinajstić information content (AvgIpc) is 3.36. The number of ether oxygens (including phenoxy) is 2. The molecule has 8 heteroatoms. The van der Waals surface area contributed by atoms with Crippen molar-refractivity contribution in [1.29, 1.82) is 0 Å². The smallest absolute Gasteiger partial charge is 0.283 e. The highest BCUT2D eigenvalue weighted by Crippen LogP contribution is 2.40. The van der Waals surface area contributed by atoms with Crippen molar-refractivity contribution in [1.82, 2.24) is 20.1 Å². The minimum atomic E-state index is -0.00800. The molecule has 2 aliphatic rings. The summed E-state index contributed by atoms with van der Waals surface area (Å²) in [5, 5.41) is 7.39. The third-order valence-electron chi connectivity index (χ3n) is 5.16. The molecule has 144 valence electrons. The zero-order valence-electron chi connectivity index (χ0n) is 15.5. The van der Waals surface area contributed by atoms with Gasteiger partial charge in [0.15, 0.2) is 5.01 Å². The fourth-order valence-electron chi connectivity index (χ4n) is 3.65. The molecule has 1 aromatic carbocycles. The Bertz CT molecular complexity index is 1010. The van der Waals surface area contributed by atoms with Gasteiger partial charge in [-0.3, -0.25) is 9.89 Å². The largest absolute Gasteiger partial charge is 0.492 e. The summed E-state index contributed by atoms with van der Waals surface area (Å²) in [6.07, 6.45) is 4.38. The van der Waals surface area contributed by atoms with Gasteiger partial charge in [-0.05, 0) is 24.6 Å². The molecule has 1 N–H and O–H groups in total. The Morgan fingerprint density at radius 3 is 3.07 bits per heavy atom. The van der Waals surface area contributed by atoms with Crippen molar-refractivity contribution in [3.8, 4) is 28.1 Å². The van der Waals surface area contributed by atoms with Crippen LogP contribution in [0, 0.1) is 0 Å². The lowest BCUT2D eigenvalue weighted by molar-refractivity contribution is 0.00358. The van der Waals surface area contributed by atoms with Crippen LogP contribution in [0.15, 0.2) is 30.6 Å². The van der Waals surface area contributed by atoms with Gasteiger partial charge >= 0.3 is 0 Å². The topological polar surface area (TPSA) is 80.3 Å². The maximum absolute atomic E-state index is 13.0. The molecule has 7 nitrogen and oxygen atoms in total. The molecule has 0 radical (unpaired) electrons. The van der Waals surface area contributed by atoms with Gasteiger partial charge in [0.05, 0.1) is 37.8 Å². The second-order valence-corrected chi connectivity index (χ2v) is 8.09. The number of fused-ring (bicyclic) bond motifs is 3. The molecule has 1 fully saturated rings. The Hall–Kier alpha value is -2.71. The summed E-state index contributed by atoms with van der Waals surface area (Å²) in [5.41, 5.74) is 3.83. The molecule has 1 atom stereocenters. The first-order chi connectivity index (χ1) is 13.7. The van der Waals surface area contributed by atoms with E-state index in [2.05, 4.69) is 10.2 Å². The molecular weight excluding hydrogens is 376 g/mol. The highest BCUT2D eigenvalue weighted by molar-refractivity contribution is 7.14. The van der Waals surface area contributed by atoms with Gasteiger partial charge in [0.1, 0.15) is 5.75 Å². The van der Waals surface area contributed by atoms with Crippen LogP contribution < -0.4 is 4.74 Å². The van der Waals surface area contributed by atoms with E-state index in [-0.39, 0.29) is 11.9 Å². The zero-order valence-corrected chi connectivity index (χ0v) is 16.3. The lowest BCUT2D eigenvalue weighted by Crippen LogP contribution is -2.47. The molecule has 3 aromatic rings. The highest BCUT2D eigenvalue weighted by Gasteiger charge is 2.29. The van der Waals surface area contributed by atoms with Crippen LogP contribution in [0.25, 0.3) is 22.4 Å². The summed E-state index contributed by atoms with van der Waals surface area (Å²) in [5.74, 6) is 0.785. The van der Waals surface area contributed by atoms with Gasteiger partial charge in [-0.1, -0.05) is 6.07 Å². The first-order valence-electron chi connectivity index (χ1n) is 9.35. The Morgan fingerprint density at radius 2 is 2.25 bits per heavy atom. The molecule has 1 saturated heterocycles. The number of nitrogens with zero attached hydrogens (tertiary/aromatic N) is 3. The number of nitrogens with one attached hydrogen (secondary N) is 1. The normalized spacial score (nSPS) is 18.8. The Balaban J connectivity index is 1.51. The SMILES string of the molecule is C[C@H]1COCCN1C(=O)c1nc2c(s1)CCOc1cc(-c3cn[nH]c3)ccc1-2. The van der Waals surface area contributed by atoms with Gasteiger partial charge in [0.25, 0.3) is 5.91 Å². The molecule has 0 unspecified atom stereocenters. The van der Waals surface area contributed by atoms with Crippen molar-refractivity contribution in [2.45, 2.75) is 19.4 Å². The van der Waals surface area contributed by atoms with Gasteiger partial charge in [0, 0.05) is 35.2 Å². The van der Waals surface area contributed by atoms with E-state index in [1.807, 2.05) is 36.2 Å². The molecule has 5 rings (SSSR count). The number of thiazole rings is 1. The minimum absolute atomic E-state index is 0.00800. The third-order valence-corrected chi connectivity index (χ3v) is 6.27. The van der Waals surface area contributed by atoms with E-state index in [4.69, 9.17) is 14.5 Å². The van der Waals surface area contributed by atoms with Crippen LogP contribution in [-0.2, 0) is 11.2 Å². The second kappa shape index (κ2) is 7.03. The van der Waals surface area contributed by atoms with Crippen molar-refractivity contribution >= 4 is 17.2 Å². The van der Waals surface area contributed by atoms with Crippen molar-refractivity contribution in [3.05, 3.63) is 40.5 Å². The van der Waals surface area contributed by atoms with Gasteiger partial charge < -0.3 is 14.4 Å². The van der Waals surface area contributed by atoms with E-state index < -0.39 is 0 Å². The fourth-order valence-corrected chi connectivity index (χ4v) is 4.67. The van der Waals surface area contributed by atoms with Crippen molar-refractivity contribution in [2.75, 3.05) is 26.4 Å². The third kappa shape index (κ3) is 2.98. The van der Waals surface area contributed by atoms with E-state index >= 15 is 0 Å². The summed E-state index contributed by atoms with van der Waals surface area (Å²) in [6.45, 7) is 4.34. The number of hydrogen-bond donors (Lipinski definition) is 1. The predicted molar refractivity (Wildman–Crippen MR) is 106 cm³/mol. The summed E-state index contributed by atoms with van der Waals surface area (Å²) >= 11 is 1.48. The van der Waals surface area contributed by atoms with E-state index in [0.29, 0.717) is 31.4 Å². The van der Waals surface area contributed by atoms with E-state index in [1.165, 1.54) is 11.3 Å². The molecule has 0 saturated carbocycles. The summed E-state index contributed by atoms with van der Waals surface area (Å²) in [6, 6.07) is 6.14. The molecule has 28 heavy (non-hydrogen) atoms. The maximum atomic E-state index is 13.0. The van der Waals surface area contributed by atoms with Crippen LogP contribution in [0.5, 0.6) is 5.75 Å². The molecule has 0 bridgehead atoms. The number of benzene rings is 1. The monoisotopic (exact) mass is 396 g/mol. The summed E-state index contributed by atoms with van der Waals surface area (Å²) < 4.78 is 11.4. The number of amides is 1. The van der Waals surface area contributed by atoms with E-state index in [0.717, 1.165) is 39.4 Å². The number of morpholine rings is 1. The second-order valence-electron chi connectivity index (χ2n) is 7.01. The van der Waals surface area contributed by atoms with Gasteiger partial charge in [-0.2, -0.15) is 5.10 Å². The zero-order chi connectivity index (χ0) is 19.1. The number of carbonyl (C=O) groups excluding carboxylic acids is 1. The van der Waals surface area contributed by atoms with Crippen molar-refractivity contribution in [2.24, 2.45) is 0 Å². The van der Waals surface area contributed by atoms with E-state index in [1.54, 1.807) is 6.20 Å². The average molecular weight is 396 g/mol. The van der Waals surface area contributed by atoms with Gasteiger partial charge in [-0.15, -0.1) is 11.3 Å². The number of rotatable bonds is 2. The Morgan fingerprint density at radius 1 is 1.32 bits per heavy atom. The lowest BCUT2D eigenvalue weighted by atomic mass is 10.0. The van der Waals surface area contributed by atoms with Gasteiger partial charge in [0.2, 0.25) is 0 Å². The van der Waals surface area contributed by atoms with Crippen LogP contribution >= 0.6 is 11.3 Å². The quantitative estimate of drug-likeness (QED) is 0.720. The molecule has 2 aliphatic heterocycles. The van der Waals surface area contributed by atoms with Crippen LogP contribution in [-0.4, -0.2) is 58.4 Å². The summed E-state index contributed by atoms with van der Waals surface area (Å²) in [4.78, 5) is 20.7. The highest BCUT2D eigenvalue weighted by atomic mass is 32.1. The number of aromatic nitrogens is 3. The Kier molecular flexibility index (Phi) is 4.37. The number of hydrogen-bond acceptors (Lipinski definition) is 6. The lowest BCUT2D eigenvalue weighted by Gasteiger charge is -2.32. The number of carbonyl (C=O) groups is 1.